The summed E-state index contributed by atoms with van der Waals surface area (Å²) in [5, 5.41) is 0. The van der Waals surface area contributed by atoms with Gasteiger partial charge >= 0.3 is 6.09 Å². The summed E-state index contributed by atoms with van der Waals surface area (Å²) in [6.45, 7) is 4.47. The van der Waals surface area contributed by atoms with Crippen LogP contribution < -0.4 is 9.64 Å². The lowest BCUT2D eigenvalue weighted by Gasteiger charge is -2.25. The summed E-state index contributed by atoms with van der Waals surface area (Å²) >= 11 is 0. The summed E-state index contributed by atoms with van der Waals surface area (Å²) in [5.74, 6) is 0.654. The van der Waals surface area contributed by atoms with Crippen LogP contribution in [0.1, 0.15) is 16.7 Å². The number of methoxy groups -OCH3 is 1. The maximum Gasteiger partial charge on any atom is 0.414 e. The fourth-order valence-electron chi connectivity index (χ4n) is 2.96. The highest BCUT2D eigenvalue weighted by molar-refractivity contribution is 5.91. The number of carbonyl (C=O) groups excluding carboxylic acids is 1. The molecule has 3 aromatic rings. The molecular weight excluding hydrogens is 350 g/mol. The van der Waals surface area contributed by atoms with Crippen molar-refractivity contribution in [2.24, 2.45) is 0 Å². The minimum atomic E-state index is -0.427. The molecule has 3 rings (SSSR count). The van der Waals surface area contributed by atoms with E-state index in [0.29, 0.717) is 18.0 Å². The van der Waals surface area contributed by atoms with Gasteiger partial charge in [-0.25, -0.2) is 4.79 Å². The Kier molecular flexibility index (Phi) is 6.47. The summed E-state index contributed by atoms with van der Waals surface area (Å²) in [4.78, 5) is 14.6. The lowest BCUT2D eigenvalue weighted by Crippen LogP contribution is -2.31. The molecule has 0 fully saturated rings. The average molecular weight is 373 g/mol. The van der Waals surface area contributed by atoms with E-state index in [1.807, 2.05) is 78.9 Å². The summed E-state index contributed by atoms with van der Waals surface area (Å²) < 4.78 is 11.0. The third-order valence-electron chi connectivity index (χ3n) is 4.37. The van der Waals surface area contributed by atoms with E-state index in [4.69, 9.17) is 9.47 Å². The van der Waals surface area contributed by atoms with Gasteiger partial charge in [-0.3, -0.25) is 4.90 Å². The Labute approximate surface area is 165 Å². The summed E-state index contributed by atoms with van der Waals surface area (Å²) in [6.07, 6.45) is 1.26. The maximum atomic E-state index is 13.0. The monoisotopic (exact) mass is 373 g/mol. The van der Waals surface area contributed by atoms with Crippen LogP contribution in [0.25, 0.3) is 6.08 Å². The van der Waals surface area contributed by atoms with E-state index in [2.05, 4.69) is 6.58 Å². The predicted molar refractivity (Wildman–Crippen MR) is 112 cm³/mol. The number of hydrogen-bond acceptors (Lipinski definition) is 3. The van der Waals surface area contributed by atoms with Gasteiger partial charge in [0, 0.05) is 5.56 Å². The molecule has 0 saturated heterocycles. The van der Waals surface area contributed by atoms with Crippen LogP contribution in [0.2, 0.25) is 0 Å². The molecule has 1 amide bonds. The molecule has 0 aliphatic rings. The second-order valence-corrected chi connectivity index (χ2v) is 6.21. The van der Waals surface area contributed by atoms with Crippen LogP contribution in [0, 0.1) is 0 Å². The van der Waals surface area contributed by atoms with Crippen molar-refractivity contribution in [1.29, 1.82) is 0 Å². The number of rotatable bonds is 7. The first-order chi connectivity index (χ1) is 13.7. The average Bonchev–Trinajstić information content (AvgIpc) is 2.76. The Balaban J connectivity index is 1.91. The van der Waals surface area contributed by atoms with Crippen LogP contribution >= 0.6 is 0 Å². The molecule has 0 radical (unpaired) electrons. The van der Waals surface area contributed by atoms with Gasteiger partial charge in [0.2, 0.25) is 0 Å². The van der Waals surface area contributed by atoms with Gasteiger partial charge in [-0.2, -0.15) is 0 Å². The first-order valence-electron chi connectivity index (χ1n) is 9.04. The van der Waals surface area contributed by atoms with Gasteiger partial charge in [-0.1, -0.05) is 79.4 Å². The minimum absolute atomic E-state index is 0.207. The van der Waals surface area contributed by atoms with E-state index in [0.717, 1.165) is 16.7 Å². The molecule has 0 spiro atoms. The van der Waals surface area contributed by atoms with E-state index >= 15 is 0 Å². The molecule has 0 aliphatic carbocycles. The van der Waals surface area contributed by atoms with Crippen LogP contribution in [-0.4, -0.2) is 13.2 Å². The van der Waals surface area contributed by atoms with Crippen LogP contribution in [0.3, 0.4) is 0 Å². The second-order valence-electron chi connectivity index (χ2n) is 6.21. The SMILES string of the molecule is C=Cc1c(OC)cccc1N(Cc1ccccc1)C(=O)OCc1ccccc1. The quantitative estimate of drug-likeness (QED) is 0.535. The molecule has 0 aliphatic heterocycles. The van der Waals surface area contributed by atoms with Gasteiger partial charge in [-0.15, -0.1) is 0 Å². The third-order valence-corrected chi connectivity index (χ3v) is 4.37. The summed E-state index contributed by atoms with van der Waals surface area (Å²) in [7, 11) is 1.60. The summed E-state index contributed by atoms with van der Waals surface area (Å²) in [6, 6.07) is 25.0. The van der Waals surface area contributed by atoms with E-state index in [1.165, 1.54) is 0 Å². The standard InChI is InChI=1S/C24H23NO3/c1-3-21-22(15-10-16-23(21)27-2)25(17-19-11-6-4-7-12-19)24(26)28-18-20-13-8-5-9-14-20/h3-16H,1,17-18H2,2H3. The Morgan fingerprint density at radius 2 is 1.57 bits per heavy atom. The molecule has 4 heteroatoms. The molecule has 0 aromatic heterocycles. The highest BCUT2D eigenvalue weighted by atomic mass is 16.6. The number of benzene rings is 3. The van der Waals surface area contributed by atoms with Crippen molar-refractivity contribution in [1.82, 2.24) is 0 Å². The van der Waals surface area contributed by atoms with Gasteiger partial charge in [0.15, 0.2) is 0 Å². The zero-order chi connectivity index (χ0) is 19.8. The van der Waals surface area contributed by atoms with Crippen molar-refractivity contribution in [3.8, 4) is 5.75 Å². The van der Waals surface area contributed by atoms with Crippen molar-refractivity contribution >= 4 is 17.9 Å². The van der Waals surface area contributed by atoms with Gasteiger partial charge < -0.3 is 9.47 Å². The van der Waals surface area contributed by atoms with Gasteiger partial charge in [0.1, 0.15) is 12.4 Å². The van der Waals surface area contributed by atoms with Crippen LogP contribution in [0.15, 0.2) is 85.4 Å². The van der Waals surface area contributed by atoms with Crippen molar-refractivity contribution in [2.45, 2.75) is 13.2 Å². The minimum Gasteiger partial charge on any atom is -0.496 e. The molecule has 0 heterocycles. The van der Waals surface area contributed by atoms with Crippen LogP contribution in [0.5, 0.6) is 5.75 Å². The van der Waals surface area contributed by atoms with Gasteiger partial charge in [0.25, 0.3) is 0 Å². The largest absolute Gasteiger partial charge is 0.496 e. The molecule has 0 unspecified atom stereocenters. The van der Waals surface area contributed by atoms with Crippen molar-refractivity contribution in [2.75, 3.05) is 12.0 Å². The van der Waals surface area contributed by atoms with E-state index in [1.54, 1.807) is 18.1 Å². The molecular formula is C24H23NO3. The fourth-order valence-corrected chi connectivity index (χ4v) is 2.96. The topological polar surface area (TPSA) is 38.8 Å². The number of hydrogen-bond donors (Lipinski definition) is 0. The Bertz CT molecular complexity index is 923. The number of ether oxygens (including phenoxy) is 2. The van der Waals surface area contributed by atoms with Crippen molar-refractivity contribution in [3.63, 3.8) is 0 Å². The lowest BCUT2D eigenvalue weighted by molar-refractivity contribution is 0.146. The molecule has 0 atom stereocenters. The Hall–Kier alpha value is -3.53. The number of amides is 1. The molecule has 0 saturated carbocycles. The van der Waals surface area contributed by atoms with E-state index in [-0.39, 0.29) is 6.61 Å². The first-order valence-corrected chi connectivity index (χ1v) is 9.04. The zero-order valence-electron chi connectivity index (χ0n) is 15.9. The Morgan fingerprint density at radius 1 is 0.929 bits per heavy atom. The fraction of sp³-hybridized carbons (Fsp3) is 0.125. The smallest absolute Gasteiger partial charge is 0.414 e. The highest BCUT2D eigenvalue weighted by Gasteiger charge is 2.21. The third kappa shape index (κ3) is 4.60. The highest BCUT2D eigenvalue weighted by Crippen LogP contribution is 2.32. The molecule has 142 valence electrons. The molecule has 28 heavy (non-hydrogen) atoms. The molecule has 4 nitrogen and oxygen atoms in total. The molecule has 3 aromatic carbocycles. The number of nitrogens with zero attached hydrogens (tertiary/aromatic N) is 1. The van der Waals surface area contributed by atoms with E-state index in [9.17, 15) is 4.79 Å². The summed E-state index contributed by atoms with van der Waals surface area (Å²) in [5.41, 5.74) is 3.37. The second kappa shape index (κ2) is 9.42. The van der Waals surface area contributed by atoms with Gasteiger partial charge in [-0.05, 0) is 23.3 Å². The number of anilines is 1. The normalized spacial score (nSPS) is 10.2. The van der Waals surface area contributed by atoms with Crippen LogP contribution in [0.4, 0.5) is 10.5 Å². The maximum absolute atomic E-state index is 13.0. The Morgan fingerprint density at radius 3 is 2.18 bits per heavy atom. The van der Waals surface area contributed by atoms with Crippen molar-refractivity contribution < 1.29 is 14.3 Å². The lowest BCUT2D eigenvalue weighted by atomic mass is 10.1. The first kappa shape index (κ1) is 19.2. The molecule has 0 N–H and O–H groups in total. The van der Waals surface area contributed by atoms with Crippen molar-refractivity contribution in [3.05, 3.63) is 102 Å². The zero-order valence-corrected chi connectivity index (χ0v) is 15.9. The predicted octanol–water partition coefficient (Wildman–Crippen LogP) is 5.68. The van der Waals surface area contributed by atoms with E-state index < -0.39 is 6.09 Å². The van der Waals surface area contributed by atoms with Crippen LogP contribution in [-0.2, 0) is 17.9 Å². The number of carbonyl (C=O) groups is 1. The molecule has 0 bridgehead atoms. The van der Waals surface area contributed by atoms with Gasteiger partial charge in [0.05, 0.1) is 19.3 Å².